The van der Waals surface area contributed by atoms with Crippen LogP contribution in [0.4, 0.5) is 5.13 Å². The van der Waals surface area contributed by atoms with E-state index >= 15 is 0 Å². The first-order valence-electron chi connectivity index (χ1n) is 13.4. The van der Waals surface area contributed by atoms with Crippen LogP contribution in [-0.2, 0) is 54.6 Å². The van der Waals surface area contributed by atoms with Crippen LogP contribution in [-0.4, -0.2) is 78.1 Å². The Hall–Kier alpha value is -4.09. The third kappa shape index (κ3) is 8.09. The van der Waals surface area contributed by atoms with Gasteiger partial charge in [0, 0.05) is 5.38 Å². The number of amides is 2. The largest absolute Gasteiger partial charge is 0.466 e. The number of nitrogens with two attached hydrogens (primary N) is 1. The number of esters is 2. The topological polar surface area (TPSA) is 206 Å². The van der Waals surface area contributed by atoms with E-state index in [1.807, 2.05) is 6.07 Å². The maximum Gasteiger partial charge on any atom is 0.365 e. The van der Waals surface area contributed by atoms with Gasteiger partial charge in [-0.3, -0.25) is 18.6 Å². The van der Waals surface area contributed by atoms with E-state index in [2.05, 4.69) is 15.5 Å². The number of oxime groups is 1. The normalized spacial score (nSPS) is 17.5. The highest BCUT2D eigenvalue weighted by molar-refractivity contribution is 7.85. The lowest BCUT2D eigenvalue weighted by molar-refractivity contribution is -0.169. The second-order valence-corrected chi connectivity index (χ2v) is 13.2. The first-order chi connectivity index (χ1) is 20.5. The smallest absolute Gasteiger partial charge is 0.365 e. The van der Waals surface area contributed by atoms with E-state index in [-0.39, 0.29) is 24.0 Å². The Bertz CT molecular complexity index is 1520. The predicted molar refractivity (Wildman–Crippen MR) is 158 cm³/mol. The first kappa shape index (κ1) is 34.4. The molecule has 1 aromatic heterocycles. The van der Waals surface area contributed by atoms with E-state index in [1.165, 1.54) is 40.0 Å². The van der Waals surface area contributed by atoms with Gasteiger partial charge in [0.15, 0.2) is 10.8 Å². The zero-order valence-corrected chi connectivity index (χ0v) is 26.7. The van der Waals surface area contributed by atoms with Gasteiger partial charge >= 0.3 is 22.2 Å². The number of carbonyl (C=O) groups is 4. The number of ether oxygens (including phenoxy) is 2. The van der Waals surface area contributed by atoms with Gasteiger partial charge in [-0.1, -0.05) is 35.5 Å². The average molecular weight is 654 g/mol. The maximum absolute atomic E-state index is 13.3. The lowest BCUT2D eigenvalue weighted by Gasteiger charge is -2.43. The molecule has 0 radical (unpaired) electrons. The molecule has 2 amide bonds. The van der Waals surface area contributed by atoms with Crippen molar-refractivity contribution in [2.45, 2.75) is 65.8 Å². The summed E-state index contributed by atoms with van der Waals surface area (Å²) in [5, 5.41) is 7.79. The molecule has 0 aliphatic carbocycles. The van der Waals surface area contributed by atoms with Gasteiger partial charge in [0.1, 0.15) is 18.3 Å². The van der Waals surface area contributed by atoms with Crippen molar-refractivity contribution in [2.24, 2.45) is 10.6 Å². The van der Waals surface area contributed by atoms with Crippen LogP contribution in [0.5, 0.6) is 0 Å². The van der Waals surface area contributed by atoms with Crippen LogP contribution in [0.3, 0.4) is 0 Å². The molecule has 240 valence electrons. The highest BCUT2D eigenvalue weighted by atomic mass is 32.2. The molecule has 1 aliphatic heterocycles. The van der Waals surface area contributed by atoms with Crippen molar-refractivity contribution in [3.8, 4) is 0 Å². The van der Waals surface area contributed by atoms with Gasteiger partial charge in [-0.25, -0.2) is 14.1 Å². The van der Waals surface area contributed by atoms with Crippen LogP contribution < -0.4 is 11.1 Å². The number of nitrogens with one attached hydrogen (secondary N) is 1. The summed E-state index contributed by atoms with van der Waals surface area (Å²) in [6.07, 6.45) is 0. The summed E-state index contributed by atoms with van der Waals surface area (Å²) < 4.78 is 41.2. The summed E-state index contributed by atoms with van der Waals surface area (Å²) in [5.41, 5.74) is 3.10. The Balaban J connectivity index is 1.70. The van der Waals surface area contributed by atoms with E-state index in [4.69, 9.17) is 24.2 Å². The van der Waals surface area contributed by atoms with Crippen molar-refractivity contribution in [2.75, 3.05) is 18.9 Å². The summed E-state index contributed by atoms with van der Waals surface area (Å²) in [5.74, 6) is -3.37. The second-order valence-electron chi connectivity index (χ2n) is 10.8. The molecule has 1 fully saturated rings. The number of rotatable bonds is 14. The molecule has 3 rings (SSSR count). The lowest BCUT2D eigenvalue weighted by Crippen LogP contribution is -2.71. The Morgan fingerprint density at radius 3 is 2.34 bits per heavy atom. The highest BCUT2D eigenvalue weighted by Gasteiger charge is 2.53. The van der Waals surface area contributed by atoms with Crippen LogP contribution in [0.15, 0.2) is 40.9 Å². The fraction of sp³-hybridized carbons (Fsp3) is 0.481. The van der Waals surface area contributed by atoms with Crippen LogP contribution in [0, 0.1) is 5.41 Å². The zero-order valence-electron chi connectivity index (χ0n) is 25.1. The number of anilines is 1. The minimum atomic E-state index is -4.61. The molecule has 44 heavy (non-hydrogen) atoms. The molecule has 17 heteroatoms. The number of carbonyl (C=O) groups excluding carboxylic acids is 4. The third-order valence-electron chi connectivity index (χ3n) is 6.31. The number of thiazole rings is 1. The number of nitrogens with zero attached hydrogens (tertiary/aromatic N) is 3. The lowest BCUT2D eigenvalue weighted by atomic mass is 9.95. The van der Waals surface area contributed by atoms with Crippen LogP contribution in [0.25, 0.3) is 0 Å². The molecule has 1 aromatic carbocycles. The molecular formula is C27H35N5O10S2. The van der Waals surface area contributed by atoms with Crippen molar-refractivity contribution in [1.82, 2.24) is 14.6 Å². The van der Waals surface area contributed by atoms with Gasteiger partial charge in [0.2, 0.25) is 5.60 Å². The predicted octanol–water partition coefficient (Wildman–Crippen LogP) is 1.53. The minimum absolute atomic E-state index is 0.00751. The Morgan fingerprint density at radius 1 is 1.11 bits per heavy atom. The van der Waals surface area contributed by atoms with E-state index in [0.29, 0.717) is 4.31 Å². The zero-order chi connectivity index (χ0) is 32.9. The van der Waals surface area contributed by atoms with Gasteiger partial charge in [-0.2, -0.15) is 8.42 Å². The fourth-order valence-electron chi connectivity index (χ4n) is 3.66. The molecule has 0 bridgehead atoms. The molecule has 15 nitrogen and oxygen atoms in total. The maximum atomic E-state index is 13.3. The SMILES string of the molecule is CCOC(=O)C(C)(C)COS(=O)(=O)N1C(=O)[C@@H](NC(=O)/C(=N\OC(C)(C)C(=O)OCc2ccccc2)c2csc(N)n2)[C@@H]1C. The van der Waals surface area contributed by atoms with Gasteiger partial charge in [0.05, 0.1) is 24.7 Å². The second kappa shape index (κ2) is 13.7. The van der Waals surface area contributed by atoms with Crippen LogP contribution >= 0.6 is 11.3 Å². The molecule has 2 atom stereocenters. The van der Waals surface area contributed by atoms with E-state index in [9.17, 15) is 27.6 Å². The third-order valence-corrected chi connectivity index (χ3v) is 8.39. The van der Waals surface area contributed by atoms with Crippen molar-refractivity contribution in [3.05, 3.63) is 47.0 Å². The average Bonchev–Trinajstić information content (AvgIpc) is 3.39. The van der Waals surface area contributed by atoms with Crippen molar-refractivity contribution in [1.29, 1.82) is 0 Å². The quantitative estimate of drug-likeness (QED) is 0.129. The summed E-state index contributed by atoms with van der Waals surface area (Å²) in [6.45, 7) is 8.13. The van der Waals surface area contributed by atoms with Crippen LogP contribution in [0.1, 0.15) is 52.8 Å². The number of nitrogen functional groups attached to an aromatic ring is 1. The number of aromatic nitrogens is 1. The molecule has 0 spiro atoms. The van der Waals surface area contributed by atoms with Gasteiger partial charge < -0.3 is 25.4 Å². The molecular weight excluding hydrogens is 618 g/mol. The highest BCUT2D eigenvalue weighted by Crippen LogP contribution is 2.27. The van der Waals surface area contributed by atoms with Gasteiger partial charge in [-0.15, -0.1) is 11.3 Å². The summed E-state index contributed by atoms with van der Waals surface area (Å²) in [7, 11) is -4.61. The number of benzene rings is 1. The van der Waals surface area contributed by atoms with Gasteiger partial charge in [0.25, 0.3) is 11.8 Å². The monoisotopic (exact) mass is 653 g/mol. The van der Waals surface area contributed by atoms with Crippen molar-refractivity contribution < 1.29 is 46.1 Å². The first-order valence-corrected chi connectivity index (χ1v) is 15.6. The molecule has 2 aromatic rings. The molecule has 1 saturated heterocycles. The summed E-state index contributed by atoms with van der Waals surface area (Å²) >= 11 is 1.01. The number of hydrogen-bond acceptors (Lipinski definition) is 14. The van der Waals surface area contributed by atoms with E-state index < -0.39 is 69.5 Å². The van der Waals surface area contributed by atoms with Crippen molar-refractivity contribution in [3.63, 3.8) is 0 Å². The standard InChI is InChI=1S/C27H35N5O10S2/c1-7-39-23(35)26(3,4)15-41-44(37,38)32-16(2)19(22(32)34)30-21(33)20(18-14-43-25(28)29-18)31-42-27(5,6)24(36)40-13-17-11-9-8-10-12-17/h8-12,14,16,19H,7,13,15H2,1-6H3,(H2,28,29)(H,30,33)/b31-20-/t16-,19-/m0/s1. The summed E-state index contributed by atoms with van der Waals surface area (Å²) in [4.78, 5) is 60.4. The minimum Gasteiger partial charge on any atom is -0.466 e. The number of hydrogen-bond donors (Lipinski definition) is 2. The molecule has 0 saturated carbocycles. The Morgan fingerprint density at radius 2 is 1.77 bits per heavy atom. The van der Waals surface area contributed by atoms with Crippen molar-refractivity contribution >= 4 is 56.2 Å². The fourth-order valence-corrected chi connectivity index (χ4v) is 5.63. The summed E-state index contributed by atoms with van der Waals surface area (Å²) in [6, 6.07) is 6.62. The number of β-lactam (4-membered cyclic amide) rings is 1. The molecule has 1 aliphatic rings. The molecule has 3 N–H and O–H groups in total. The van der Waals surface area contributed by atoms with Gasteiger partial charge in [-0.05, 0) is 47.1 Å². The Kier molecular flexibility index (Phi) is 10.7. The molecule has 0 unspecified atom stereocenters. The van der Waals surface area contributed by atoms with E-state index in [0.717, 1.165) is 16.9 Å². The molecule has 2 heterocycles. The van der Waals surface area contributed by atoms with Crippen LogP contribution in [0.2, 0.25) is 0 Å². The Labute approximate surface area is 258 Å². The van der Waals surface area contributed by atoms with E-state index in [1.54, 1.807) is 31.2 Å².